The van der Waals surface area contributed by atoms with E-state index in [9.17, 15) is 4.79 Å². The maximum atomic E-state index is 12.2. The zero-order valence-electron chi connectivity index (χ0n) is 13.1. The van der Waals surface area contributed by atoms with Gasteiger partial charge in [-0.1, -0.05) is 31.8 Å². The molecule has 1 aromatic heterocycles. The highest BCUT2D eigenvalue weighted by molar-refractivity contribution is 5.92. The molecule has 0 spiro atoms. The van der Waals surface area contributed by atoms with E-state index in [-0.39, 0.29) is 5.91 Å². The summed E-state index contributed by atoms with van der Waals surface area (Å²) in [6, 6.07) is 1.78. The summed E-state index contributed by atoms with van der Waals surface area (Å²) in [6.45, 7) is 5.05. The number of hydrogen-bond donors (Lipinski definition) is 1. The molecule has 3 atom stereocenters. The maximum absolute atomic E-state index is 12.2. The number of nitrogens with one attached hydrogen (secondary N) is 1. The van der Waals surface area contributed by atoms with Crippen LogP contribution in [-0.4, -0.2) is 17.6 Å². The van der Waals surface area contributed by atoms with E-state index in [0.29, 0.717) is 17.5 Å². The zero-order valence-corrected chi connectivity index (χ0v) is 13.1. The van der Waals surface area contributed by atoms with Crippen molar-refractivity contribution in [3.63, 3.8) is 0 Å². The van der Waals surface area contributed by atoms with Gasteiger partial charge in [0.15, 0.2) is 5.69 Å². The zero-order chi connectivity index (χ0) is 14.8. The van der Waals surface area contributed by atoms with Crippen LogP contribution in [0.4, 0.5) is 0 Å². The molecule has 4 heteroatoms. The standard InChI is InChI=1S/C17H26N2O2/c1-11(2)8-14-9-16(19-21-14)17(20)18-10-13-7-6-12-4-3-5-15(12)13/h9,11-13,15H,3-8,10H2,1-2H3,(H,18,20)/t12-,13+,15-/m0/s1. The minimum atomic E-state index is -0.0878. The lowest BCUT2D eigenvalue weighted by Crippen LogP contribution is -2.31. The molecule has 116 valence electrons. The fourth-order valence-electron chi connectivity index (χ4n) is 4.17. The third kappa shape index (κ3) is 3.30. The Bertz CT molecular complexity index is 495. The van der Waals surface area contributed by atoms with E-state index < -0.39 is 0 Å². The molecular weight excluding hydrogens is 264 g/mol. The summed E-state index contributed by atoms with van der Waals surface area (Å²) in [5.41, 5.74) is 0.423. The van der Waals surface area contributed by atoms with Crippen molar-refractivity contribution in [2.45, 2.75) is 52.4 Å². The Morgan fingerprint density at radius 3 is 3.05 bits per heavy atom. The van der Waals surface area contributed by atoms with Crippen molar-refractivity contribution in [2.24, 2.45) is 23.7 Å². The van der Waals surface area contributed by atoms with Crippen LogP contribution < -0.4 is 5.32 Å². The maximum Gasteiger partial charge on any atom is 0.273 e. The minimum Gasteiger partial charge on any atom is -0.361 e. The SMILES string of the molecule is CC(C)Cc1cc(C(=O)NC[C@H]2CC[C@@H]3CCC[C@@H]32)no1. The van der Waals surface area contributed by atoms with E-state index in [4.69, 9.17) is 4.52 Å². The first-order valence-corrected chi connectivity index (χ1v) is 8.37. The van der Waals surface area contributed by atoms with Crippen LogP contribution in [0.15, 0.2) is 10.6 Å². The lowest BCUT2D eigenvalue weighted by molar-refractivity contribution is 0.0934. The molecular formula is C17H26N2O2. The van der Waals surface area contributed by atoms with E-state index in [1.165, 1.54) is 32.1 Å². The van der Waals surface area contributed by atoms with Gasteiger partial charge in [-0.05, 0) is 42.9 Å². The number of carbonyl (C=O) groups excluding carboxylic acids is 1. The number of hydrogen-bond acceptors (Lipinski definition) is 3. The molecule has 3 rings (SSSR count). The van der Waals surface area contributed by atoms with Gasteiger partial charge in [-0.2, -0.15) is 0 Å². The van der Waals surface area contributed by atoms with Crippen LogP contribution in [0.5, 0.6) is 0 Å². The molecule has 0 aromatic carbocycles. The number of fused-ring (bicyclic) bond motifs is 1. The molecule has 21 heavy (non-hydrogen) atoms. The van der Waals surface area contributed by atoms with Crippen LogP contribution in [0.1, 0.15) is 62.2 Å². The van der Waals surface area contributed by atoms with Gasteiger partial charge in [0.05, 0.1) is 0 Å². The third-order valence-electron chi connectivity index (χ3n) is 5.16. The van der Waals surface area contributed by atoms with Gasteiger partial charge in [0.2, 0.25) is 0 Å². The Kier molecular flexibility index (Phi) is 4.32. The second-order valence-electron chi connectivity index (χ2n) is 7.18. The van der Waals surface area contributed by atoms with Crippen molar-refractivity contribution in [1.82, 2.24) is 10.5 Å². The van der Waals surface area contributed by atoms with Gasteiger partial charge in [-0.15, -0.1) is 0 Å². The van der Waals surface area contributed by atoms with E-state index in [0.717, 1.165) is 30.6 Å². The Balaban J connectivity index is 1.51. The summed E-state index contributed by atoms with van der Waals surface area (Å²) in [6.07, 6.45) is 7.58. The van der Waals surface area contributed by atoms with Gasteiger partial charge in [-0.3, -0.25) is 4.79 Å². The van der Waals surface area contributed by atoms with Crippen LogP contribution in [0.25, 0.3) is 0 Å². The molecule has 2 saturated carbocycles. The summed E-state index contributed by atoms with van der Waals surface area (Å²) in [4.78, 5) is 12.2. The molecule has 0 unspecified atom stereocenters. The first-order valence-electron chi connectivity index (χ1n) is 8.37. The Morgan fingerprint density at radius 2 is 2.24 bits per heavy atom. The predicted octanol–water partition coefficient (Wildman–Crippen LogP) is 3.43. The summed E-state index contributed by atoms with van der Waals surface area (Å²) >= 11 is 0. The van der Waals surface area contributed by atoms with E-state index >= 15 is 0 Å². The Labute approximate surface area is 126 Å². The second-order valence-corrected chi connectivity index (χ2v) is 7.18. The summed E-state index contributed by atoms with van der Waals surface area (Å²) in [5, 5.41) is 6.95. The number of amides is 1. The fourth-order valence-corrected chi connectivity index (χ4v) is 4.17. The van der Waals surface area contributed by atoms with Crippen molar-refractivity contribution in [1.29, 1.82) is 0 Å². The third-order valence-corrected chi connectivity index (χ3v) is 5.16. The fraction of sp³-hybridized carbons (Fsp3) is 0.765. The summed E-state index contributed by atoms with van der Waals surface area (Å²) < 4.78 is 5.23. The lowest BCUT2D eigenvalue weighted by atomic mass is 9.92. The van der Waals surface area contributed by atoms with Crippen LogP contribution in [0, 0.1) is 23.7 Å². The number of rotatable bonds is 5. The van der Waals surface area contributed by atoms with Gasteiger partial charge in [-0.25, -0.2) is 0 Å². The largest absolute Gasteiger partial charge is 0.361 e. The van der Waals surface area contributed by atoms with Crippen molar-refractivity contribution < 1.29 is 9.32 Å². The normalized spacial score (nSPS) is 28.0. The van der Waals surface area contributed by atoms with Gasteiger partial charge >= 0.3 is 0 Å². The van der Waals surface area contributed by atoms with E-state index in [2.05, 4.69) is 24.3 Å². The van der Waals surface area contributed by atoms with E-state index in [1.807, 2.05) is 0 Å². The first-order chi connectivity index (χ1) is 10.1. The molecule has 1 heterocycles. The monoisotopic (exact) mass is 290 g/mol. The quantitative estimate of drug-likeness (QED) is 0.904. The average molecular weight is 290 g/mol. The van der Waals surface area contributed by atoms with Gasteiger partial charge in [0.1, 0.15) is 5.76 Å². The summed E-state index contributed by atoms with van der Waals surface area (Å²) in [7, 11) is 0. The predicted molar refractivity (Wildman–Crippen MR) is 80.9 cm³/mol. The highest BCUT2D eigenvalue weighted by Gasteiger charge is 2.38. The molecule has 0 saturated heterocycles. The van der Waals surface area contributed by atoms with E-state index in [1.54, 1.807) is 6.07 Å². The van der Waals surface area contributed by atoms with Crippen LogP contribution in [-0.2, 0) is 6.42 Å². The molecule has 2 fully saturated rings. The van der Waals surface area contributed by atoms with Gasteiger partial charge in [0, 0.05) is 19.0 Å². The van der Waals surface area contributed by atoms with Crippen molar-refractivity contribution in [3.8, 4) is 0 Å². The minimum absolute atomic E-state index is 0.0878. The first kappa shape index (κ1) is 14.6. The molecule has 1 amide bonds. The lowest BCUT2D eigenvalue weighted by Gasteiger charge is -2.18. The molecule has 0 bridgehead atoms. The van der Waals surface area contributed by atoms with Crippen molar-refractivity contribution in [3.05, 3.63) is 17.5 Å². The number of carbonyl (C=O) groups is 1. The molecule has 2 aliphatic carbocycles. The highest BCUT2D eigenvalue weighted by Crippen LogP contribution is 2.47. The molecule has 4 nitrogen and oxygen atoms in total. The van der Waals surface area contributed by atoms with Crippen molar-refractivity contribution >= 4 is 5.91 Å². The van der Waals surface area contributed by atoms with Crippen LogP contribution >= 0.6 is 0 Å². The van der Waals surface area contributed by atoms with Gasteiger partial charge in [0.25, 0.3) is 5.91 Å². The average Bonchev–Trinajstić information content (AvgIpc) is 3.11. The van der Waals surface area contributed by atoms with Crippen LogP contribution in [0.2, 0.25) is 0 Å². The molecule has 1 N–H and O–H groups in total. The van der Waals surface area contributed by atoms with Gasteiger partial charge < -0.3 is 9.84 Å². The van der Waals surface area contributed by atoms with Crippen molar-refractivity contribution in [2.75, 3.05) is 6.54 Å². The van der Waals surface area contributed by atoms with Crippen LogP contribution in [0.3, 0.4) is 0 Å². The number of nitrogens with zero attached hydrogens (tertiary/aromatic N) is 1. The Morgan fingerprint density at radius 1 is 1.38 bits per heavy atom. The second kappa shape index (κ2) is 6.20. The summed E-state index contributed by atoms with van der Waals surface area (Å²) in [5.74, 6) is 3.66. The molecule has 1 aromatic rings. The topological polar surface area (TPSA) is 55.1 Å². The molecule has 0 aliphatic heterocycles. The smallest absolute Gasteiger partial charge is 0.273 e. The highest BCUT2D eigenvalue weighted by atomic mass is 16.5. The molecule has 0 radical (unpaired) electrons. The number of aromatic nitrogens is 1. The Hall–Kier alpha value is -1.32. The molecule has 2 aliphatic rings.